The van der Waals surface area contributed by atoms with Gasteiger partial charge >= 0.3 is 0 Å². The highest BCUT2D eigenvalue weighted by Crippen LogP contribution is 2.22. The summed E-state index contributed by atoms with van der Waals surface area (Å²) < 4.78 is 13.6. The van der Waals surface area contributed by atoms with Crippen molar-refractivity contribution in [3.05, 3.63) is 63.9 Å². The maximum Gasteiger partial charge on any atom is 0.252 e. The Morgan fingerprint density at radius 2 is 1.70 bits per heavy atom. The van der Waals surface area contributed by atoms with Gasteiger partial charge in [0.2, 0.25) is 5.91 Å². The largest absolute Gasteiger partial charge is 0.351 e. The van der Waals surface area contributed by atoms with Crippen LogP contribution in [0.5, 0.6) is 0 Å². The molecule has 0 spiro atoms. The first kappa shape index (κ1) is 17.2. The quantitative estimate of drug-likeness (QED) is 0.855. The molecule has 2 N–H and O–H groups in total. The smallest absolute Gasteiger partial charge is 0.252 e. The summed E-state index contributed by atoms with van der Waals surface area (Å²) in [5.74, 6) is -1.51. The first-order valence-corrected chi connectivity index (χ1v) is 7.51. The average Bonchev–Trinajstić information content (AvgIpc) is 2.52. The molecule has 0 radical (unpaired) electrons. The summed E-state index contributed by atoms with van der Waals surface area (Å²) in [6, 6.07) is 10.9. The molecule has 7 heteroatoms. The Morgan fingerprint density at radius 1 is 1.00 bits per heavy atom. The van der Waals surface area contributed by atoms with Crippen LogP contribution in [0.1, 0.15) is 16.8 Å². The number of carbonyl (C=O) groups excluding carboxylic acids is 2. The fourth-order valence-electron chi connectivity index (χ4n) is 1.84. The third-order valence-corrected chi connectivity index (χ3v) is 3.60. The molecule has 0 heterocycles. The van der Waals surface area contributed by atoms with Crippen molar-refractivity contribution in [2.45, 2.75) is 6.42 Å². The van der Waals surface area contributed by atoms with Gasteiger partial charge in [0, 0.05) is 13.0 Å². The predicted molar refractivity (Wildman–Crippen MR) is 88.4 cm³/mol. The lowest BCUT2D eigenvalue weighted by Crippen LogP contribution is -2.28. The maximum absolute atomic E-state index is 13.6. The van der Waals surface area contributed by atoms with Crippen molar-refractivity contribution in [2.75, 3.05) is 11.9 Å². The van der Waals surface area contributed by atoms with Gasteiger partial charge in [-0.2, -0.15) is 0 Å². The molecule has 0 aliphatic carbocycles. The summed E-state index contributed by atoms with van der Waals surface area (Å²) in [5, 5.41) is 5.23. The van der Waals surface area contributed by atoms with Crippen LogP contribution < -0.4 is 10.6 Å². The lowest BCUT2D eigenvalue weighted by atomic mass is 10.2. The molecule has 2 amide bonds. The number of carbonyl (C=O) groups is 2. The minimum absolute atomic E-state index is 0.0000645. The third-order valence-electron chi connectivity index (χ3n) is 2.98. The van der Waals surface area contributed by atoms with E-state index in [1.807, 2.05) is 0 Å². The second-order valence-electron chi connectivity index (χ2n) is 4.64. The van der Waals surface area contributed by atoms with Gasteiger partial charge in [0.25, 0.3) is 5.91 Å². The van der Waals surface area contributed by atoms with Crippen molar-refractivity contribution < 1.29 is 14.0 Å². The zero-order chi connectivity index (χ0) is 16.8. The molecule has 0 saturated carbocycles. The van der Waals surface area contributed by atoms with Crippen LogP contribution in [-0.4, -0.2) is 18.4 Å². The Kier molecular flexibility index (Phi) is 5.96. The Labute approximate surface area is 142 Å². The van der Waals surface area contributed by atoms with Gasteiger partial charge in [-0.1, -0.05) is 41.4 Å². The standard InChI is InChI=1S/C16H13Cl2FN2O2/c17-11-5-2-1-4-10(11)16(23)20-9-8-14(22)21-13-7-3-6-12(18)15(13)19/h1-7H,8-9H2,(H,20,23)(H,21,22). The number of halogens is 3. The molecule has 4 nitrogen and oxygen atoms in total. The summed E-state index contributed by atoms with van der Waals surface area (Å²) in [4.78, 5) is 23.7. The molecular formula is C16H13Cl2FN2O2. The zero-order valence-electron chi connectivity index (χ0n) is 11.9. The highest BCUT2D eigenvalue weighted by Gasteiger charge is 2.12. The molecule has 23 heavy (non-hydrogen) atoms. The lowest BCUT2D eigenvalue weighted by Gasteiger charge is -2.08. The molecule has 0 atom stereocenters. The van der Waals surface area contributed by atoms with E-state index < -0.39 is 11.7 Å². The second kappa shape index (κ2) is 7.94. The van der Waals surface area contributed by atoms with Crippen LogP contribution in [0.3, 0.4) is 0 Å². The SMILES string of the molecule is O=C(CCNC(=O)c1ccccc1Cl)Nc1cccc(Cl)c1F. The van der Waals surface area contributed by atoms with Gasteiger partial charge in [-0.3, -0.25) is 9.59 Å². The number of hydrogen-bond donors (Lipinski definition) is 2. The summed E-state index contributed by atoms with van der Waals surface area (Å²) >= 11 is 11.5. The Hall–Kier alpha value is -2.11. The summed E-state index contributed by atoms with van der Waals surface area (Å²) in [6.45, 7) is 0.0953. The Morgan fingerprint density at radius 3 is 2.43 bits per heavy atom. The van der Waals surface area contributed by atoms with Crippen molar-refractivity contribution in [2.24, 2.45) is 0 Å². The lowest BCUT2D eigenvalue weighted by molar-refractivity contribution is -0.116. The number of anilines is 1. The topological polar surface area (TPSA) is 58.2 Å². The molecular weight excluding hydrogens is 342 g/mol. The molecule has 0 aromatic heterocycles. The van der Waals surface area contributed by atoms with Crippen molar-refractivity contribution in [1.29, 1.82) is 0 Å². The average molecular weight is 355 g/mol. The van der Waals surface area contributed by atoms with Crippen LogP contribution in [-0.2, 0) is 4.79 Å². The Bertz CT molecular complexity index is 738. The van der Waals surface area contributed by atoms with Gasteiger partial charge < -0.3 is 10.6 Å². The number of nitrogens with one attached hydrogen (secondary N) is 2. The van der Waals surface area contributed by atoms with Gasteiger partial charge in [0.05, 0.1) is 21.3 Å². The highest BCUT2D eigenvalue weighted by atomic mass is 35.5. The van der Waals surface area contributed by atoms with Gasteiger partial charge in [-0.15, -0.1) is 0 Å². The van der Waals surface area contributed by atoms with Crippen LogP contribution >= 0.6 is 23.2 Å². The minimum atomic E-state index is -0.692. The van der Waals surface area contributed by atoms with E-state index in [1.165, 1.54) is 18.2 Å². The Balaban J connectivity index is 1.84. The monoisotopic (exact) mass is 354 g/mol. The molecule has 2 aromatic carbocycles. The zero-order valence-corrected chi connectivity index (χ0v) is 13.4. The fraction of sp³-hybridized carbons (Fsp3) is 0.125. The molecule has 0 unspecified atom stereocenters. The van der Waals surface area contributed by atoms with Gasteiger partial charge in [-0.25, -0.2) is 4.39 Å². The number of rotatable bonds is 5. The third kappa shape index (κ3) is 4.68. The molecule has 0 aliphatic heterocycles. The van der Waals surface area contributed by atoms with Crippen LogP contribution in [0, 0.1) is 5.82 Å². The molecule has 2 rings (SSSR count). The van der Waals surface area contributed by atoms with Crippen LogP contribution in [0.4, 0.5) is 10.1 Å². The summed E-state index contributed by atoms with van der Waals surface area (Å²) in [5.41, 5.74) is 0.329. The van der Waals surface area contributed by atoms with E-state index in [2.05, 4.69) is 10.6 Å². The van der Waals surface area contributed by atoms with Crippen molar-refractivity contribution in [3.63, 3.8) is 0 Å². The normalized spacial score (nSPS) is 10.2. The molecule has 120 valence electrons. The van der Waals surface area contributed by atoms with Gasteiger partial charge in [0.15, 0.2) is 5.82 Å². The van der Waals surface area contributed by atoms with E-state index in [0.29, 0.717) is 10.6 Å². The number of amides is 2. The minimum Gasteiger partial charge on any atom is -0.351 e. The van der Waals surface area contributed by atoms with Gasteiger partial charge in [-0.05, 0) is 24.3 Å². The van der Waals surface area contributed by atoms with Crippen LogP contribution in [0.15, 0.2) is 42.5 Å². The van der Waals surface area contributed by atoms with E-state index in [1.54, 1.807) is 24.3 Å². The number of benzene rings is 2. The molecule has 0 fully saturated rings. The maximum atomic E-state index is 13.6. The van der Waals surface area contributed by atoms with Crippen molar-refractivity contribution in [1.82, 2.24) is 5.32 Å². The van der Waals surface area contributed by atoms with Crippen LogP contribution in [0.2, 0.25) is 10.0 Å². The van der Waals surface area contributed by atoms with E-state index in [9.17, 15) is 14.0 Å². The van der Waals surface area contributed by atoms with E-state index >= 15 is 0 Å². The summed E-state index contributed by atoms with van der Waals surface area (Å²) in [6.07, 6.45) is -0.0118. The fourth-order valence-corrected chi connectivity index (χ4v) is 2.24. The second-order valence-corrected chi connectivity index (χ2v) is 5.45. The molecule has 2 aromatic rings. The molecule has 0 aliphatic rings. The first-order chi connectivity index (χ1) is 11.0. The highest BCUT2D eigenvalue weighted by molar-refractivity contribution is 6.33. The van der Waals surface area contributed by atoms with E-state index in [-0.39, 0.29) is 29.6 Å². The molecule has 0 bridgehead atoms. The first-order valence-electron chi connectivity index (χ1n) is 6.75. The van der Waals surface area contributed by atoms with Crippen molar-refractivity contribution >= 4 is 40.7 Å². The van der Waals surface area contributed by atoms with Crippen molar-refractivity contribution in [3.8, 4) is 0 Å². The number of hydrogen-bond acceptors (Lipinski definition) is 2. The molecule has 0 saturated heterocycles. The van der Waals surface area contributed by atoms with E-state index in [0.717, 1.165) is 0 Å². The van der Waals surface area contributed by atoms with E-state index in [4.69, 9.17) is 23.2 Å². The summed E-state index contributed by atoms with van der Waals surface area (Å²) in [7, 11) is 0. The predicted octanol–water partition coefficient (Wildman–Crippen LogP) is 3.89. The van der Waals surface area contributed by atoms with Crippen LogP contribution in [0.25, 0.3) is 0 Å². The van der Waals surface area contributed by atoms with Gasteiger partial charge in [0.1, 0.15) is 0 Å².